The second-order valence-electron chi connectivity index (χ2n) is 4.48. The van der Waals surface area contributed by atoms with Crippen LogP contribution in [0.25, 0.3) is 0 Å². The van der Waals surface area contributed by atoms with Crippen molar-refractivity contribution in [2.75, 3.05) is 11.4 Å². The molecule has 0 aliphatic rings. The Hall–Kier alpha value is -0.760. The predicted molar refractivity (Wildman–Crippen MR) is 66.6 cm³/mol. The molecule has 0 aromatic carbocycles. The molecular weight excluding hydrogens is 208 g/mol. The van der Waals surface area contributed by atoms with Gasteiger partial charge in [-0.25, -0.2) is 4.98 Å². The highest BCUT2D eigenvalue weighted by atomic mass is 35.5. The van der Waals surface area contributed by atoms with Crippen LogP contribution >= 0.6 is 11.6 Å². The van der Waals surface area contributed by atoms with Gasteiger partial charge in [-0.15, -0.1) is 0 Å². The molecule has 3 heteroatoms. The summed E-state index contributed by atoms with van der Waals surface area (Å²) >= 11 is 5.89. The Morgan fingerprint density at radius 2 is 2.00 bits per heavy atom. The van der Waals surface area contributed by atoms with Crippen molar-refractivity contribution >= 4 is 17.3 Å². The largest absolute Gasteiger partial charge is 0.369 e. The summed E-state index contributed by atoms with van der Waals surface area (Å²) in [5.74, 6) is 0.638. The van der Waals surface area contributed by atoms with Crippen LogP contribution in [0.1, 0.15) is 27.7 Å². The normalized spacial score (nSPS) is 11.1. The standard InChI is InChI=1S/C12H19ClN2/c1-9(2)8-15(10(3)4)11-5-6-14-12(13)7-11/h5-7,9-10H,8H2,1-4H3. The zero-order valence-corrected chi connectivity index (χ0v) is 10.6. The molecule has 1 aromatic rings. The highest BCUT2D eigenvalue weighted by Crippen LogP contribution is 2.20. The van der Waals surface area contributed by atoms with Gasteiger partial charge >= 0.3 is 0 Å². The highest BCUT2D eigenvalue weighted by molar-refractivity contribution is 6.29. The molecule has 0 aliphatic heterocycles. The Morgan fingerprint density at radius 3 is 2.47 bits per heavy atom. The molecule has 0 saturated carbocycles. The topological polar surface area (TPSA) is 16.1 Å². The van der Waals surface area contributed by atoms with Crippen LogP contribution in [0.4, 0.5) is 5.69 Å². The SMILES string of the molecule is CC(C)CN(c1ccnc(Cl)c1)C(C)C. The molecule has 1 aromatic heterocycles. The first-order valence-corrected chi connectivity index (χ1v) is 5.76. The minimum Gasteiger partial charge on any atom is -0.369 e. The summed E-state index contributed by atoms with van der Waals surface area (Å²) in [4.78, 5) is 6.34. The fourth-order valence-corrected chi connectivity index (χ4v) is 1.75. The molecule has 0 unspecified atom stereocenters. The van der Waals surface area contributed by atoms with Gasteiger partial charge in [-0.3, -0.25) is 0 Å². The first-order chi connectivity index (χ1) is 7.00. The third-order valence-corrected chi connectivity index (χ3v) is 2.43. The molecule has 0 aliphatic carbocycles. The molecule has 1 heterocycles. The van der Waals surface area contributed by atoms with Crippen molar-refractivity contribution in [3.8, 4) is 0 Å². The smallest absolute Gasteiger partial charge is 0.131 e. The first kappa shape index (κ1) is 12.3. The van der Waals surface area contributed by atoms with E-state index < -0.39 is 0 Å². The fraction of sp³-hybridized carbons (Fsp3) is 0.583. The first-order valence-electron chi connectivity index (χ1n) is 5.39. The summed E-state index contributed by atoms with van der Waals surface area (Å²) in [5, 5.41) is 0.557. The Balaban J connectivity index is 2.88. The van der Waals surface area contributed by atoms with Crippen LogP contribution in [0, 0.1) is 5.92 Å². The molecule has 1 rings (SSSR count). The average molecular weight is 227 g/mol. The maximum atomic E-state index is 5.89. The Kier molecular flexibility index (Phi) is 4.40. The van der Waals surface area contributed by atoms with Crippen molar-refractivity contribution in [2.24, 2.45) is 5.92 Å². The van der Waals surface area contributed by atoms with Gasteiger partial charge in [0.2, 0.25) is 0 Å². The minimum absolute atomic E-state index is 0.478. The maximum Gasteiger partial charge on any atom is 0.131 e. The summed E-state index contributed by atoms with van der Waals surface area (Å²) in [7, 11) is 0. The van der Waals surface area contributed by atoms with Crippen molar-refractivity contribution in [3.63, 3.8) is 0 Å². The molecule has 0 N–H and O–H groups in total. The lowest BCUT2D eigenvalue weighted by molar-refractivity contribution is 0.571. The summed E-state index contributed by atoms with van der Waals surface area (Å²) in [6, 6.07) is 4.41. The molecular formula is C12H19ClN2. The Labute approximate surface area is 97.3 Å². The van der Waals surface area contributed by atoms with Gasteiger partial charge in [0, 0.05) is 24.5 Å². The molecule has 0 radical (unpaired) electrons. The van der Waals surface area contributed by atoms with Crippen molar-refractivity contribution < 1.29 is 0 Å². The minimum atomic E-state index is 0.478. The Morgan fingerprint density at radius 1 is 1.33 bits per heavy atom. The van der Waals surface area contributed by atoms with Crippen molar-refractivity contribution in [1.82, 2.24) is 4.98 Å². The summed E-state index contributed by atoms with van der Waals surface area (Å²) < 4.78 is 0. The molecule has 0 spiro atoms. The van der Waals surface area contributed by atoms with E-state index >= 15 is 0 Å². The van der Waals surface area contributed by atoms with Crippen LogP contribution in [-0.2, 0) is 0 Å². The van der Waals surface area contributed by atoms with Gasteiger partial charge in [0.15, 0.2) is 0 Å². The van der Waals surface area contributed by atoms with E-state index in [0.717, 1.165) is 12.2 Å². The van der Waals surface area contributed by atoms with Crippen LogP contribution in [0.15, 0.2) is 18.3 Å². The van der Waals surface area contributed by atoms with Gasteiger partial charge < -0.3 is 4.90 Å². The van der Waals surface area contributed by atoms with Gasteiger partial charge in [-0.05, 0) is 31.9 Å². The molecule has 2 nitrogen and oxygen atoms in total. The number of halogens is 1. The number of rotatable bonds is 4. The number of anilines is 1. The van der Waals surface area contributed by atoms with E-state index in [0.29, 0.717) is 17.1 Å². The van der Waals surface area contributed by atoms with Crippen molar-refractivity contribution in [3.05, 3.63) is 23.5 Å². The maximum absolute atomic E-state index is 5.89. The lowest BCUT2D eigenvalue weighted by Gasteiger charge is -2.30. The second kappa shape index (κ2) is 5.36. The quantitative estimate of drug-likeness (QED) is 0.730. The Bertz CT molecular complexity index is 310. The molecule has 0 amide bonds. The molecule has 0 saturated heterocycles. The van der Waals surface area contributed by atoms with E-state index in [-0.39, 0.29) is 0 Å². The lowest BCUT2D eigenvalue weighted by Crippen LogP contribution is -2.34. The summed E-state index contributed by atoms with van der Waals surface area (Å²) in [6.45, 7) is 9.86. The van der Waals surface area contributed by atoms with Crippen LogP contribution in [-0.4, -0.2) is 17.6 Å². The number of nitrogens with zero attached hydrogens (tertiary/aromatic N) is 2. The third kappa shape index (κ3) is 3.71. The van der Waals surface area contributed by atoms with Crippen LogP contribution in [0.2, 0.25) is 5.15 Å². The van der Waals surface area contributed by atoms with Crippen LogP contribution in [0.5, 0.6) is 0 Å². The number of hydrogen-bond acceptors (Lipinski definition) is 2. The van der Waals surface area contributed by atoms with E-state index in [4.69, 9.17) is 11.6 Å². The fourth-order valence-electron chi connectivity index (χ4n) is 1.58. The summed E-state index contributed by atoms with van der Waals surface area (Å²) in [5.41, 5.74) is 1.15. The van der Waals surface area contributed by atoms with E-state index in [1.165, 1.54) is 0 Å². The molecule has 84 valence electrons. The van der Waals surface area contributed by atoms with Gasteiger partial charge in [0.05, 0.1) is 0 Å². The zero-order valence-electron chi connectivity index (χ0n) is 9.87. The van der Waals surface area contributed by atoms with Gasteiger partial charge in [0.1, 0.15) is 5.15 Å². The predicted octanol–water partition coefficient (Wildman–Crippen LogP) is 3.61. The number of aromatic nitrogens is 1. The van der Waals surface area contributed by atoms with Gasteiger partial charge in [-0.2, -0.15) is 0 Å². The van der Waals surface area contributed by atoms with Crippen molar-refractivity contribution in [2.45, 2.75) is 33.7 Å². The second-order valence-corrected chi connectivity index (χ2v) is 4.86. The van der Waals surface area contributed by atoms with E-state index in [1.807, 2.05) is 12.1 Å². The van der Waals surface area contributed by atoms with Crippen LogP contribution < -0.4 is 4.90 Å². The number of hydrogen-bond donors (Lipinski definition) is 0. The summed E-state index contributed by atoms with van der Waals surface area (Å²) in [6.07, 6.45) is 1.76. The van der Waals surface area contributed by atoms with Gasteiger partial charge in [-0.1, -0.05) is 25.4 Å². The molecule has 15 heavy (non-hydrogen) atoms. The molecule has 0 fully saturated rings. The zero-order chi connectivity index (χ0) is 11.4. The highest BCUT2D eigenvalue weighted by Gasteiger charge is 2.12. The monoisotopic (exact) mass is 226 g/mol. The van der Waals surface area contributed by atoms with E-state index in [9.17, 15) is 0 Å². The lowest BCUT2D eigenvalue weighted by atomic mass is 10.1. The molecule has 0 bridgehead atoms. The van der Waals surface area contributed by atoms with E-state index in [1.54, 1.807) is 6.20 Å². The van der Waals surface area contributed by atoms with E-state index in [2.05, 4.69) is 37.6 Å². The van der Waals surface area contributed by atoms with Crippen molar-refractivity contribution in [1.29, 1.82) is 0 Å². The van der Waals surface area contributed by atoms with Gasteiger partial charge in [0.25, 0.3) is 0 Å². The van der Waals surface area contributed by atoms with Crippen LogP contribution in [0.3, 0.4) is 0 Å². The molecule has 0 atom stereocenters. The third-order valence-electron chi connectivity index (χ3n) is 2.23. The average Bonchev–Trinajstić information content (AvgIpc) is 2.13. The number of pyridine rings is 1.